The molecule has 0 aromatic rings. The van der Waals surface area contributed by atoms with Crippen molar-refractivity contribution in [3.63, 3.8) is 0 Å². The zero-order valence-electron chi connectivity index (χ0n) is 10.6. The first-order chi connectivity index (χ1) is 8.02. The van der Waals surface area contributed by atoms with Gasteiger partial charge in [-0.2, -0.15) is 0 Å². The summed E-state index contributed by atoms with van der Waals surface area (Å²) >= 11 is 0. The Kier molecular flexibility index (Phi) is 7.50. The molecule has 96 valence electrons. The zero-order valence-corrected chi connectivity index (χ0v) is 10.6. The summed E-state index contributed by atoms with van der Waals surface area (Å²) in [6.07, 6.45) is 2.95. The molecule has 17 heavy (non-hydrogen) atoms. The maximum absolute atomic E-state index is 11.2. The molecular formula is C12H18O5. The topological polar surface area (TPSA) is 61.8 Å². The van der Waals surface area contributed by atoms with E-state index in [1.807, 2.05) is 0 Å². The van der Waals surface area contributed by atoms with E-state index in [1.54, 1.807) is 26.8 Å². The summed E-state index contributed by atoms with van der Waals surface area (Å²) < 4.78 is 14.4. The highest BCUT2D eigenvalue weighted by Gasteiger charge is 2.04. The normalized spacial score (nSPS) is 12.0. The first-order valence-electron chi connectivity index (χ1n) is 5.19. The molecule has 0 atom stereocenters. The molecule has 0 aromatic heterocycles. The van der Waals surface area contributed by atoms with Crippen LogP contribution in [0.2, 0.25) is 0 Å². The highest BCUT2D eigenvalue weighted by atomic mass is 16.6. The van der Waals surface area contributed by atoms with Gasteiger partial charge in [-0.05, 0) is 20.8 Å². The second kappa shape index (κ2) is 8.38. The molecule has 5 heteroatoms. The number of hydrogen-bond donors (Lipinski definition) is 0. The highest BCUT2D eigenvalue weighted by molar-refractivity contribution is 5.87. The van der Waals surface area contributed by atoms with Gasteiger partial charge in [-0.3, -0.25) is 0 Å². The second-order valence-electron chi connectivity index (χ2n) is 3.27. The Morgan fingerprint density at radius 1 is 1.06 bits per heavy atom. The molecule has 0 aliphatic rings. The van der Waals surface area contributed by atoms with Crippen molar-refractivity contribution in [2.75, 3.05) is 20.3 Å². The summed E-state index contributed by atoms with van der Waals surface area (Å²) in [6, 6.07) is 0. The van der Waals surface area contributed by atoms with Crippen LogP contribution in [0.25, 0.3) is 0 Å². The molecule has 0 aliphatic heterocycles. The number of allylic oxidation sites excluding steroid dienone is 1. The van der Waals surface area contributed by atoms with Crippen molar-refractivity contribution in [1.29, 1.82) is 0 Å². The summed E-state index contributed by atoms with van der Waals surface area (Å²) in [5.41, 5.74) is 0.898. The van der Waals surface area contributed by atoms with E-state index in [2.05, 4.69) is 4.74 Å². The lowest BCUT2D eigenvalue weighted by molar-refractivity contribution is -0.140. The van der Waals surface area contributed by atoms with Crippen LogP contribution in [0.3, 0.4) is 0 Å². The fourth-order valence-electron chi connectivity index (χ4n) is 0.807. The van der Waals surface area contributed by atoms with Crippen LogP contribution in [0.15, 0.2) is 23.5 Å². The third-order valence-corrected chi connectivity index (χ3v) is 1.96. The Hall–Kier alpha value is -1.78. The Morgan fingerprint density at radius 3 is 2.24 bits per heavy atom. The second-order valence-corrected chi connectivity index (χ2v) is 3.27. The van der Waals surface area contributed by atoms with Crippen LogP contribution in [0.4, 0.5) is 0 Å². The number of hydrogen-bond acceptors (Lipinski definition) is 5. The molecule has 0 amide bonds. The largest absolute Gasteiger partial charge is 0.497 e. The lowest BCUT2D eigenvalue weighted by Gasteiger charge is -2.05. The SMILES string of the molecule is CC=C(C)C(=O)OCCOC=C(C)C(=O)OC. The van der Waals surface area contributed by atoms with Crippen LogP contribution in [0, 0.1) is 0 Å². The van der Waals surface area contributed by atoms with Crippen LogP contribution >= 0.6 is 0 Å². The molecule has 0 fully saturated rings. The Morgan fingerprint density at radius 2 is 1.71 bits per heavy atom. The number of methoxy groups -OCH3 is 1. The van der Waals surface area contributed by atoms with E-state index in [0.29, 0.717) is 11.1 Å². The lowest BCUT2D eigenvalue weighted by atomic mass is 10.3. The minimum atomic E-state index is -0.452. The van der Waals surface area contributed by atoms with Crippen LogP contribution in [-0.2, 0) is 23.8 Å². The zero-order chi connectivity index (χ0) is 13.3. The quantitative estimate of drug-likeness (QED) is 0.306. The monoisotopic (exact) mass is 242 g/mol. The van der Waals surface area contributed by atoms with Gasteiger partial charge in [0.05, 0.1) is 18.9 Å². The molecule has 0 saturated carbocycles. The van der Waals surface area contributed by atoms with Crippen LogP contribution in [0.5, 0.6) is 0 Å². The van der Waals surface area contributed by atoms with Crippen molar-refractivity contribution in [2.45, 2.75) is 20.8 Å². The van der Waals surface area contributed by atoms with Gasteiger partial charge in [-0.1, -0.05) is 6.08 Å². The highest BCUT2D eigenvalue weighted by Crippen LogP contribution is 1.97. The molecule has 0 aromatic carbocycles. The van der Waals surface area contributed by atoms with E-state index in [-0.39, 0.29) is 19.2 Å². The van der Waals surface area contributed by atoms with Gasteiger partial charge in [0.25, 0.3) is 0 Å². The molecule has 0 heterocycles. The molecule has 0 N–H and O–H groups in total. The summed E-state index contributed by atoms with van der Waals surface area (Å²) in [5, 5.41) is 0. The molecular weight excluding hydrogens is 224 g/mol. The third-order valence-electron chi connectivity index (χ3n) is 1.96. The average Bonchev–Trinajstić information content (AvgIpc) is 2.35. The van der Waals surface area contributed by atoms with Crippen molar-refractivity contribution in [3.8, 4) is 0 Å². The molecule has 0 unspecified atom stereocenters. The van der Waals surface area contributed by atoms with Crippen molar-refractivity contribution >= 4 is 11.9 Å². The van der Waals surface area contributed by atoms with Crippen molar-refractivity contribution in [2.24, 2.45) is 0 Å². The van der Waals surface area contributed by atoms with Gasteiger partial charge in [-0.15, -0.1) is 0 Å². The summed E-state index contributed by atoms with van der Waals surface area (Å²) in [5.74, 6) is -0.823. The van der Waals surface area contributed by atoms with Gasteiger partial charge in [0, 0.05) is 5.57 Å². The van der Waals surface area contributed by atoms with Gasteiger partial charge in [0.15, 0.2) is 0 Å². The third kappa shape index (κ3) is 6.40. The minimum absolute atomic E-state index is 0.134. The van der Waals surface area contributed by atoms with Crippen molar-refractivity contribution in [1.82, 2.24) is 0 Å². The predicted molar refractivity (Wildman–Crippen MR) is 62.1 cm³/mol. The van der Waals surface area contributed by atoms with Crippen LogP contribution in [0.1, 0.15) is 20.8 Å². The average molecular weight is 242 g/mol. The van der Waals surface area contributed by atoms with E-state index in [9.17, 15) is 9.59 Å². The molecule has 5 nitrogen and oxygen atoms in total. The van der Waals surface area contributed by atoms with Crippen molar-refractivity contribution < 1.29 is 23.8 Å². The number of carbonyl (C=O) groups is 2. The first-order valence-corrected chi connectivity index (χ1v) is 5.19. The number of rotatable bonds is 6. The van der Waals surface area contributed by atoms with Gasteiger partial charge >= 0.3 is 11.9 Å². The number of carbonyl (C=O) groups excluding carboxylic acids is 2. The maximum atomic E-state index is 11.2. The molecule has 0 bridgehead atoms. The molecule has 0 spiro atoms. The molecule has 0 saturated heterocycles. The maximum Gasteiger partial charge on any atom is 0.336 e. The summed E-state index contributed by atoms with van der Waals surface area (Å²) in [7, 11) is 1.29. The Balaban J connectivity index is 3.80. The standard InChI is InChI=1S/C12H18O5/c1-5-9(2)12(14)17-7-6-16-8-10(3)11(13)15-4/h5,8H,6-7H2,1-4H3. The summed E-state index contributed by atoms with van der Waals surface area (Å²) in [6.45, 7) is 5.33. The van der Waals surface area contributed by atoms with Gasteiger partial charge in [0.2, 0.25) is 0 Å². The van der Waals surface area contributed by atoms with Gasteiger partial charge < -0.3 is 14.2 Å². The molecule has 0 radical (unpaired) electrons. The van der Waals surface area contributed by atoms with Crippen molar-refractivity contribution in [3.05, 3.63) is 23.5 Å². The van der Waals surface area contributed by atoms with Crippen LogP contribution < -0.4 is 0 Å². The smallest absolute Gasteiger partial charge is 0.336 e. The fourth-order valence-corrected chi connectivity index (χ4v) is 0.807. The van der Waals surface area contributed by atoms with Gasteiger partial charge in [-0.25, -0.2) is 9.59 Å². The molecule has 0 aliphatic carbocycles. The number of esters is 2. The molecule has 0 rings (SSSR count). The van der Waals surface area contributed by atoms with E-state index in [4.69, 9.17) is 9.47 Å². The lowest BCUT2D eigenvalue weighted by Crippen LogP contribution is -2.10. The predicted octanol–water partition coefficient (Wildman–Crippen LogP) is 1.59. The first kappa shape index (κ1) is 15.2. The Labute approximate surface area is 101 Å². The van der Waals surface area contributed by atoms with Gasteiger partial charge in [0.1, 0.15) is 13.2 Å². The number of ether oxygens (including phenoxy) is 3. The van der Waals surface area contributed by atoms with E-state index in [0.717, 1.165) is 0 Å². The summed E-state index contributed by atoms with van der Waals surface area (Å²) in [4.78, 5) is 22.1. The minimum Gasteiger partial charge on any atom is -0.497 e. The van der Waals surface area contributed by atoms with E-state index < -0.39 is 5.97 Å². The fraction of sp³-hybridized carbons (Fsp3) is 0.500. The van der Waals surface area contributed by atoms with Crippen LogP contribution in [-0.4, -0.2) is 32.3 Å². The Bertz CT molecular complexity index is 328. The van der Waals surface area contributed by atoms with E-state index in [1.165, 1.54) is 13.4 Å². The van der Waals surface area contributed by atoms with E-state index >= 15 is 0 Å².